The van der Waals surface area contributed by atoms with E-state index in [1.54, 1.807) is 54.6 Å². The van der Waals surface area contributed by atoms with Gasteiger partial charge in [-0.25, -0.2) is 12.7 Å². The average molecular weight is 354 g/mol. The molecule has 0 heterocycles. The molecule has 0 unspecified atom stereocenters. The summed E-state index contributed by atoms with van der Waals surface area (Å²) in [6.45, 7) is 0. The largest absolute Gasteiger partial charge is 0.293 e. The maximum absolute atomic E-state index is 13.2. The second kappa shape index (κ2) is 6.74. The Morgan fingerprint density at radius 1 is 0.760 bits per heavy atom. The smallest absolute Gasteiger partial charge is 0.258 e. The fraction of sp³-hybridized carbons (Fsp3) is 0. The van der Waals surface area contributed by atoms with Crippen molar-refractivity contribution in [2.75, 3.05) is 4.31 Å². The third kappa shape index (κ3) is 3.22. The number of nitro benzene ring substituents is 1. The van der Waals surface area contributed by atoms with Gasteiger partial charge in [0.25, 0.3) is 15.7 Å². The highest BCUT2D eigenvalue weighted by molar-refractivity contribution is 7.93. The topological polar surface area (TPSA) is 80.5 Å². The van der Waals surface area contributed by atoms with Gasteiger partial charge in [0.05, 0.1) is 15.5 Å². The minimum Gasteiger partial charge on any atom is -0.258 e. The molecule has 0 fully saturated rings. The van der Waals surface area contributed by atoms with Crippen molar-refractivity contribution in [3.8, 4) is 0 Å². The van der Waals surface area contributed by atoms with Gasteiger partial charge in [0.2, 0.25) is 0 Å². The Morgan fingerprint density at radius 2 is 1.28 bits per heavy atom. The maximum atomic E-state index is 13.2. The Bertz CT molecular complexity index is 990. The summed E-state index contributed by atoms with van der Waals surface area (Å²) in [6.07, 6.45) is 0. The van der Waals surface area contributed by atoms with E-state index in [4.69, 9.17) is 0 Å². The number of hydrogen-bond donors (Lipinski definition) is 0. The molecular formula is C18H14N2O4S. The van der Waals surface area contributed by atoms with Gasteiger partial charge >= 0.3 is 0 Å². The summed E-state index contributed by atoms with van der Waals surface area (Å²) >= 11 is 0. The molecule has 0 aliphatic rings. The molecule has 0 bridgehead atoms. The van der Waals surface area contributed by atoms with Crippen LogP contribution in [0.25, 0.3) is 0 Å². The van der Waals surface area contributed by atoms with Crippen LogP contribution in [0.1, 0.15) is 0 Å². The average Bonchev–Trinajstić information content (AvgIpc) is 2.63. The lowest BCUT2D eigenvalue weighted by molar-refractivity contribution is -0.384. The van der Waals surface area contributed by atoms with E-state index in [-0.39, 0.29) is 16.3 Å². The molecule has 3 rings (SSSR count). The van der Waals surface area contributed by atoms with E-state index in [2.05, 4.69) is 0 Å². The second-order valence-corrected chi connectivity index (χ2v) is 6.95. The van der Waals surface area contributed by atoms with E-state index < -0.39 is 14.9 Å². The molecule has 25 heavy (non-hydrogen) atoms. The van der Waals surface area contributed by atoms with Gasteiger partial charge in [0.1, 0.15) is 5.69 Å². The molecule has 0 atom stereocenters. The van der Waals surface area contributed by atoms with E-state index in [1.807, 2.05) is 0 Å². The first-order chi connectivity index (χ1) is 12.0. The predicted molar refractivity (Wildman–Crippen MR) is 95.3 cm³/mol. The second-order valence-electron chi connectivity index (χ2n) is 5.16. The molecule has 0 radical (unpaired) electrons. The summed E-state index contributed by atoms with van der Waals surface area (Å²) in [6, 6.07) is 21.9. The van der Waals surface area contributed by atoms with Gasteiger partial charge in [-0.3, -0.25) is 10.1 Å². The summed E-state index contributed by atoms with van der Waals surface area (Å²) in [5.41, 5.74) is 0.0223. The van der Waals surface area contributed by atoms with Crippen molar-refractivity contribution in [1.29, 1.82) is 0 Å². The number of sulfonamides is 1. The summed E-state index contributed by atoms with van der Waals surface area (Å²) in [5, 5.41) is 11.4. The highest BCUT2D eigenvalue weighted by atomic mass is 32.2. The van der Waals surface area contributed by atoms with E-state index >= 15 is 0 Å². The Kier molecular flexibility index (Phi) is 4.49. The molecule has 7 heteroatoms. The van der Waals surface area contributed by atoms with Gasteiger partial charge in [0, 0.05) is 6.07 Å². The molecule has 0 aliphatic heterocycles. The Labute approximate surface area is 145 Å². The van der Waals surface area contributed by atoms with Gasteiger partial charge in [-0.05, 0) is 30.3 Å². The SMILES string of the molecule is O=[N+]([O-])c1ccccc1N(c1ccccc1)S(=O)(=O)c1ccccc1. The van der Waals surface area contributed by atoms with Crippen molar-refractivity contribution in [2.24, 2.45) is 0 Å². The molecule has 0 saturated heterocycles. The molecule has 3 aromatic carbocycles. The molecule has 0 amide bonds. The van der Waals surface area contributed by atoms with Crippen LogP contribution in [0.5, 0.6) is 0 Å². The molecular weight excluding hydrogens is 340 g/mol. The predicted octanol–water partition coefficient (Wildman–Crippen LogP) is 4.12. The van der Waals surface area contributed by atoms with Gasteiger partial charge in [-0.1, -0.05) is 48.5 Å². The zero-order valence-corrected chi connectivity index (χ0v) is 13.8. The first-order valence-corrected chi connectivity index (χ1v) is 8.84. The first kappa shape index (κ1) is 16.7. The van der Waals surface area contributed by atoms with Gasteiger partial charge in [-0.2, -0.15) is 0 Å². The zero-order chi connectivity index (χ0) is 17.9. The number of nitro groups is 1. The lowest BCUT2D eigenvalue weighted by Gasteiger charge is -2.24. The Morgan fingerprint density at radius 3 is 1.88 bits per heavy atom. The van der Waals surface area contributed by atoms with Gasteiger partial charge < -0.3 is 0 Å². The van der Waals surface area contributed by atoms with Crippen molar-refractivity contribution in [1.82, 2.24) is 0 Å². The standard InChI is InChI=1S/C18H14N2O4S/c21-20(22)18-14-8-7-13-17(18)19(15-9-3-1-4-10-15)25(23,24)16-11-5-2-6-12-16/h1-14H. The van der Waals surface area contributed by atoms with Crippen LogP contribution in [0.15, 0.2) is 89.8 Å². The van der Waals surface area contributed by atoms with Gasteiger partial charge in [-0.15, -0.1) is 0 Å². The minimum absolute atomic E-state index is 0.0115. The maximum Gasteiger partial charge on any atom is 0.293 e. The van der Waals surface area contributed by atoms with Crippen LogP contribution in [0.3, 0.4) is 0 Å². The van der Waals surface area contributed by atoms with Crippen molar-refractivity contribution < 1.29 is 13.3 Å². The molecule has 3 aromatic rings. The summed E-state index contributed by atoms with van der Waals surface area (Å²) in [4.78, 5) is 10.9. The number of nitrogens with zero attached hydrogens (tertiary/aromatic N) is 2. The van der Waals surface area contributed by atoms with Crippen LogP contribution in [-0.2, 0) is 10.0 Å². The lowest BCUT2D eigenvalue weighted by Crippen LogP contribution is -2.26. The third-order valence-corrected chi connectivity index (χ3v) is 5.33. The van der Waals surface area contributed by atoms with Crippen molar-refractivity contribution in [3.05, 3.63) is 95.0 Å². The fourth-order valence-corrected chi connectivity index (χ4v) is 3.98. The summed E-state index contributed by atoms with van der Waals surface area (Å²) in [5.74, 6) is 0. The number of benzene rings is 3. The zero-order valence-electron chi connectivity index (χ0n) is 13.0. The van der Waals surface area contributed by atoms with Crippen LogP contribution < -0.4 is 4.31 Å². The molecule has 0 aromatic heterocycles. The number of anilines is 2. The van der Waals surface area contributed by atoms with Crippen molar-refractivity contribution in [2.45, 2.75) is 4.90 Å². The molecule has 6 nitrogen and oxygen atoms in total. The quantitative estimate of drug-likeness (QED) is 0.510. The van der Waals surface area contributed by atoms with Crippen LogP contribution in [0.4, 0.5) is 17.1 Å². The third-order valence-electron chi connectivity index (χ3n) is 3.57. The van der Waals surface area contributed by atoms with Crippen molar-refractivity contribution >= 4 is 27.1 Å². The van der Waals surface area contributed by atoms with Crippen LogP contribution in [0, 0.1) is 10.1 Å². The molecule has 126 valence electrons. The van der Waals surface area contributed by atoms with Crippen molar-refractivity contribution in [3.63, 3.8) is 0 Å². The fourth-order valence-electron chi connectivity index (χ4n) is 2.46. The van der Waals surface area contributed by atoms with Gasteiger partial charge in [0.15, 0.2) is 0 Å². The van der Waals surface area contributed by atoms with E-state index in [1.165, 1.54) is 30.3 Å². The summed E-state index contributed by atoms with van der Waals surface area (Å²) < 4.78 is 27.4. The van der Waals surface area contributed by atoms with E-state index in [0.29, 0.717) is 5.69 Å². The van der Waals surface area contributed by atoms with Crippen LogP contribution in [0.2, 0.25) is 0 Å². The lowest BCUT2D eigenvalue weighted by atomic mass is 10.2. The highest BCUT2D eigenvalue weighted by Crippen LogP contribution is 2.37. The van der Waals surface area contributed by atoms with E-state index in [0.717, 1.165) is 4.31 Å². The highest BCUT2D eigenvalue weighted by Gasteiger charge is 2.31. The monoisotopic (exact) mass is 354 g/mol. The van der Waals surface area contributed by atoms with E-state index in [9.17, 15) is 18.5 Å². The Hall–Kier alpha value is -3.19. The number of hydrogen-bond acceptors (Lipinski definition) is 4. The molecule has 0 aliphatic carbocycles. The first-order valence-electron chi connectivity index (χ1n) is 7.40. The normalized spacial score (nSPS) is 11.0. The molecule has 0 spiro atoms. The number of rotatable bonds is 5. The minimum atomic E-state index is -4.03. The van der Waals surface area contributed by atoms with Crippen LogP contribution in [-0.4, -0.2) is 13.3 Å². The molecule has 0 N–H and O–H groups in total. The Balaban J connectivity index is 2.28. The summed E-state index contributed by atoms with van der Waals surface area (Å²) in [7, 11) is -4.03. The number of para-hydroxylation sites is 3. The molecule has 0 saturated carbocycles. The van der Waals surface area contributed by atoms with Crippen LogP contribution >= 0.6 is 0 Å².